The maximum absolute atomic E-state index is 4.49. The molecule has 0 bridgehead atoms. The third kappa shape index (κ3) is 2.28. The van der Waals surface area contributed by atoms with Crippen LogP contribution in [0.3, 0.4) is 0 Å². The van der Waals surface area contributed by atoms with Gasteiger partial charge in [0.15, 0.2) is 5.16 Å². The highest BCUT2D eigenvalue weighted by molar-refractivity contribution is 7.99. The number of hydrogen-bond acceptors (Lipinski definition) is 3. The normalized spacial score (nSPS) is 20.1. The molecule has 1 aliphatic carbocycles. The first-order valence-corrected chi connectivity index (χ1v) is 6.70. The van der Waals surface area contributed by atoms with Gasteiger partial charge in [0.25, 0.3) is 0 Å². The van der Waals surface area contributed by atoms with Gasteiger partial charge in [-0.1, -0.05) is 24.6 Å². The van der Waals surface area contributed by atoms with Gasteiger partial charge in [-0.15, -0.1) is 0 Å². The van der Waals surface area contributed by atoms with Crippen molar-refractivity contribution in [1.82, 2.24) is 9.97 Å². The number of rotatable bonds is 4. The highest BCUT2D eigenvalue weighted by atomic mass is 32.2. The van der Waals surface area contributed by atoms with E-state index in [1.807, 2.05) is 24.2 Å². The predicted octanol–water partition coefficient (Wildman–Crippen LogP) is 2.99. The van der Waals surface area contributed by atoms with Crippen molar-refractivity contribution in [3.63, 3.8) is 0 Å². The number of nitrogens with one attached hydrogen (secondary N) is 1. The number of aromatic amines is 1. The standard InChI is InChI=1S/C10H16N2S2/c13-7-10(3-1-2-4-10)8-14-9-11-5-6-12-9/h5-6,13H,1-4,7-8H2,(H,11,12). The summed E-state index contributed by atoms with van der Waals surface area (Å²) < 4.78 is 0. The molecule has 0 unspecified atom stereocenters. The van der Waals surface area contributed by atoms with Crippen molar-refractivity contribution in [1.29, 1.82) is 0 Å². The fourth-order valence-electron chi connectivity index (χ4n) is 2.02. The van der Waals surface area contributed by atoms with Crippen LogP contribution < -0.4 is 0 Å². The molecular weight excluding hydrogens is 212 g/mol. The Morgan fingerprint density at radius 1 is 1.50 bits per heavy atom. The minimum Gasteiger partial charge on any atom is -0.340 e. The topological polar surface area (TPSA) is 28.7 Å². The zero-order chi connectivity index (χ0) is 9.86. The first-order valence-electron chi connectivity index (χ1n) is 5.08. The van der Waals surface area contributed by atoms with E-state index in [9.17, 15) is 0 Å². The Morgan fingerprint density at radius 2 is 2.29 bits per heavy atom. The van der Waals surface area contributed by atoms with Crippen LogP contribution in [0, 0.1) is 5.41 Å². The predicted molar refractivity (Wildman–Crippen MR) is 64.1 cm³/mol. The lowest BCUT2D eigenvalue weighted by atomic mass is 9.91. The molecule has 1 saturated carbocycles. The number of thiol groups is 1. The Labute approximate surface area is 94.7 Å². The maximum atomic E-state index is 4.49. The molecule has 1 aliphatic rings. The van der Waals surface area contributed by atoms with E-state index in [2.05, 4.69) is 22.6 Å². The van der Waals surface area contributed by atoms with Crippen molar-refractivity contribution >= 4 is 24.4 Å². The summed E-state index contributed by atoms with van der Waals surface area (Å²) in [6.07, 6.45) is 9.11. The third-order valence-corrected chi connectivity index (χ3v) is 4.91. The summed E-state index contributed by atoms with van der Waals surface area (Å²) in [6, 6.07) is 0. The molecule has 0 saturated heterocycles. The molecular formula is C10H16N2S2. The van der Waals surface area contributed by atoms with Crippen molar-refractivity contribution < 1.29 is 0 Å². The minimum absolute atomic E-state index is 0.473. The average molecular weight is 228 g/mol. The van der Waals surface area contributed by atoms with E-state index in [1.165, 1.54) is 25.7 Å². The van der Waals surface area contributed by atoms with Crippen molar-refractivity contribution in [2.24, 2.45) is 5.41 Å². The molecule has 1 aromatic rings. The summed E-state index contributed by atoms with van der Waals surface area (Å²) in [4.78, 5) is 7.35. The largest absolute Gasteiger partial charge is 0.340 e. The Morgan fingerprint density at radius 3 is 2.86 bits per heavy atom. The van der Waals surface area contributed by atoms with Gasteiger partial charge in [-0.3, -0.25) is 0 Å². The SMILES string of the molecule is SCC1(CSc2ncc[nH]2)CCCC1. The van der Waals surface area contributed by atoms with Crippen LogP contribution in [0.4, 0.5) is 0 Å². The van der Waals surface area contributed by atoms with E-state index in [1.54, 1.807) is 0 Å². The Bertz CT molecular complexity index is 266. The van der Waals surface area contributed by atoms with Crippen LogP contribution in [0.25, 0.3) is 0 Å². The minimum atomic E-state index is 0.473. The van der Waals surface area contributed by atoms with Gasteiger partial charge in [0, 0.05) is 18.1 Å². The smallest absolute Gasteiger partial charge is 0.165 e. The lowest BCUT2D eigenvalue weighted by Crippen LogP contribution is -2.21. The van der Waals surface area contributed by atoms with Gasteiger partial charge < -0.3 is 4.98 Å². The lowest BCUT2D eigenvalue weighted by Gasteiger charge is -2.25. The maximum Gasteiger partial charge on any atom is 0.165 e. The number of thioether (sulfide) groups is 1. The highest BCUT2D eigenvalue weighted by Crippen LogP contribution is 2.42. The summed E-state index contributed by atoms with van der Waals surface area (Å²) in [5.41, 5.74) is 0.473. The first kappa shape index (κ1) is 10.4. The van der Waals surface area contributed by atoms with Gasteiger partial charge in [0.2, 0.25) is 0 Å². The van der Waals surface area contributed by atoms with Gasteiger partial charge >= 0.3 is 0 Å². The molecule has 14 heavy (non-hydrogen) atoms. The van der Waals surface area contributed by atoms with E-state index in [4.69, 9.17) is 0 Å². The molecule has 1 heterocycles. The molecule has 1 aromatic heterocycles. The molecule has 78 valence electrons. The number of nitrogens with zero attached hydrogens (tertiary/aromatic N) is 1. The molecule has 0 aromatic carbocycles. The molecule has 2 rings (SSSR count). The number of H-pyrrole nitrogens is 1. The van der Waals surface area contributed by atoms with E-state index in [-0.39, 0.29) is 0 Å². The molecule has 0 atom stereocenters. The van der Waals surface area contributed by atoms with Crippen molar-refractivity contribution in [3.8, 4) is 0 Å². The molecule has 1 N–H and O–H groups in total. The van der Waals surface area contributed by atoms with Crippen LogP contribution in [0.1, 0.15) is 25.7 Å². The van der Waals surface area contributed by atoms with Gasteiger partial charge in [-0.25, -0.2) is 4.98 Å². The fraction of sp³-hybridized carbons (Fsp3) is 0.700. The van der Waals surface area contributed by atoms with Gasteiger partial charge in [-0.2, -0.15) is 12.6 Å². The summed E-state index contributed by atoms with van der Waals surface area (Å²) in [5, 5.41) is 1.04. The van der Waals surface area contributed by atoms with Crippen LogP contribution in [0.15, 0.2) is 17.6 Å². The van der Waals surface area contributed by atoms with Gasteiger partial charge in [0.05, 0.1) is 0 Å². The quantitative estimate of drug-likeness (QED) is 0.612. The average Bonchev–Trinajstić information content (AvgIpc) is 2.87. The molecule has 2 nitrogen and oxygen atoms in total. The highest BCUT2D eigenvalue weighted by Gasteiger charge is 2.32. The van der Waals surface area contributed by atoms with E-state index in [0.717, 1.165) is 16.7 Å². The van der Waals surface area contributed by atoms with Crippen molar-refractivity contribution in [3.05, 3.63) is 12.4 Å². The molecule has 0 amide bonds. The van der Waals surface area contributed by atoms with Crippen LogP contribution >= 0.6 is 24.4 Å². The van der Waals surface area contributed by atoms with Crippen LogP contribution in [0.5, 0.6) is 0 Å². The number of aromatic nitrogens is 2. The second-order valence-electron chi connectivity index (χ2n) is 4.05. The summed E-state index contributed by atoms with van der Waals surface area (Å²) in [6.45, 7) is 0. The van der Waals surface area contributed by atoms with Crippen molar-refractivity contribution in [2.45, 2.75) is 30.8 Å². The summed E-state index contributed by atoms with van der Waals surface area (Å²) >= 11 is 6.32. The van der Waals surface area contributed by atoms with Crippen LogP contribution in [-0.4, -0.2) is 21.5 Å². The Kier molecular flexibility index (Phi) is 3.44. The molecule has 0 radical (unpaired) electrons. The van der Waals surface area contributed by atoms with E-state index < -0.39 is 0 Å². The van der Waals surface area contributed by atoms with Crippen LogP contribution in [0.2, 0.25) is 0 Å². The Hall–Kier alpha value is -0.0900. The zero-order valence-corrected chi connectivity index (χ0v) is 9.91. The second kappa shape index (κ2) is 4.62. The van der Waals surface area contributed by atoms with Gasteiger partial charge in [0.1, 0.15) is 0 Å². The number of imidazole rings is 1. The molecule has 0 aliphatic heterocycles. The van der Waals surface area contributed by atoms with Gasteiger partial charge in [-0.05, 0) is 24.0 Å². The Balaban J connectivity index is 1.89. The van der Waals surface area contributed by atoms with E-state index in [0.29, 0.717) is 5.41 Å². The zero-order valence-electron chi connectivity index (χ0n) is 8.20. The molecule has 4 heteroatoms. The molecule has 0 spiro atoms. The van der Waals surface area contributed by atoms with E-state index >= 15 is 0 Å². The molecule has 1 fully saturated rings. The summed E-state index contributed by atoms with van der Waals surface area (Å²) in [5.74, 6) is 2.17. The number of hydrogen-bond donors (Lipinski definition) is 2. The van der Waals surface area contributed by atoms with Crippen LogP contribution in [-0.2, 0) is 0 Å². The summed E-state index contributed by atoms with van der Waals surface area (Å²) in [7, 11) is 0. The first-order chi connectivity index (χ1) is 6.85. The monoisotopic (exact) mass is 228 g/mol. The van der Waals surface area contributed by atoms with Crippen molar-refractivity contribution in [2.75, 3.05) is 11.5 Å². The third-order valence-electron chi connectivity index (χ3n) is 2.99. The second-order valence-corrected chi connectivity index (χ2v) is 5.33. The fourth-order valence-corrected chi connectivity index (χ4v) is 3.72. The lowest BCUT2D eigenvalue weighted by molar-refractivity contribution is 0.403.